The van der Waals surface area contributed by atoms with Gasteiger partial charge in [0, 0.05) is 20.1 Å². The van der Waals surface area contributed by atoms with E-state index in [4.69, 9.17) is 4.43 Å². The molecule has 21 heavy (non-hydrogen) atoms. The summed E-state index contributed by atoms with van der Waals surface area (Å²) in [6.45, 7) is 11.7. The van der Waals surface area contributed by atoms with Gasteiger partial charge in [0.2, 0.25) is 0 Å². The van der Waals surface area contributed by atoms with Gasteiger partial charge in [-0.25, -0.2) is 14.8 Å². The Morgan fingerprint density at radius 1 is 1.38 bits per heavy atom. The van der Waals surface area contributed by atoms with Crippen molar-refractivity contribution in [2.75, 3.05) is 6.61 Å². The van der Waals surface area contributed by atoms with Gasteiger partial charge >= 0.3 is 5.69 Å². The average Bonchev–Trinajstić information content (AvgIpc) is 2.63. The number of H-pyrrole nitrogens is 1. The minimum atomic E-state index is -1.73. The molecule has 0 amide bonds. The van der Waals surface area contributed by atoms with Crippen molar-refractivity contribution in [2.24, 2.45) is 7.05 Å². The van der Waals surface area contributed by atoms with Crippen molar-refractivity contribution in [3.05, 3.63) is 22.5 Å². The van der Waals surface area contributed by atoms with E-state index in [1.54, 1.807) is 13.2 Å². The van der Waals surface area contributed by atoms with Gasteiger partial charge in [0.1, 0.15) is 11.3 Å². The molecule has 2 aromatic rings. The molecule has 0 radical (unpaired) electrons. The van der Waals surface area contributed by atoms with Crippen LogP contribution in [-0.2, 0) is 17.9 Å². The van der Waals surface area contributed by atoms with E-state index in [2.05, 4.69) is 48.8 Å². The van der Waals surface area contributed by atoms with E-state index < -0.39 is 8.32 Å². The monoisotopic (exact) mass is 308 g/mol. The van der Waals surface area contributed by atoms with Crippen molar-refractivity contribution in [3.8, 4) is 0 Å². The van der Waals surface area contributed by atoms with Crippen LogP contribution in [0.1, 0.15) is 26.6 Å². The normalized spacial score (nSPS) is 13.0. The Kier molecular flexibility index (Phi) is 4.07. The molecule has 0 spiro atoms. The third-order valence-corrected chi connectivity index (χ3v) is 8.84. The van der Waals surface area contributed by atoms with E-state index in [-0.39, 0.29) is 10.7 Å². The van der Waals surface area contributed by atoms with E-state index in [1.807, 2.05) is 0 Å². The van der Waals surface area contributed by atoms with Crippen LogP contribution in [0.4, 0.5) is 0 Å². The molecular formula is C14H24N4O2Si. The highest BCUT2D eigenvalue weighted by Gasteiger charge is 2.36. The van der Waals surface area contributed by atoms with Crippen LogP contribution < -0.4 is 5.69 Å². The Labute approximate surface area is 125 Å². The summed E-state index contributed by atoms with van der Waals surface area (Å²) in [5, 5.41) is 0.197. The van der Waals surface area contributed by atoms with E-state index in [0.717, 1.165) is 0 Å². The highest BCUT2D eigenvalue weighted by Crippen LogP contribution is 2.36. The molecule has 2 rings (SSSR count). The minimum absolute atomic E-state index is 0.172. The maximum absolute atomic E-state index is 11.5. The zero-order valence-electron chi connectivity index (χ0n) is 13.6. The van der Waals surface area contributed by atoms with Crippen LogP contribution in [0.3, 0.4) is 0 Å². The molecular weight excluding hydrogens is 284 g/mol. The number of aryl methyl sites for hydroxylation is 1. The number of aromatic amines is 1. The lowest BCUT2D eigenvalue weighted by Crippen LogP contribution is -2.41. The molecule has 0 aliphatic rings. The second-order valence-corrected chi connectivity index (χ2v) is 11.7. The molecule has 1 N–H and O–H groups in total. The van der Waals surface area contributed by atoms with Gasteiger partial charge in [-0.15, -0.1) is 0 Å². The molecule has 6 nitrogen and oxygen atoms in total. The summed E-state index contributed by atoms with van der Waals surface area (Å²) in [6.07, 6.45) is 2.33. The second-order valence-electron chi connectivity index (χ2n) is 6.87. The molecule has 0 aliphatic heterocycles. The number of rotatable bonds is 4. The maximum Gasteiger partial charge on any atom is 0.327 e. The van der Waals surface area contributed by atoms with Gasteiger partial charge in [-0.2, -0.15) is 0 Å². The van der Waals surface area contributed by atoms with Crippen molar-refractivity contribution in [1.29, 1.82) is 0 Å². The highest BCUT2D eigenvalue weighted by atomic mass is 28.4. The molecule has 0 unspecified atom stereocenters. The number of hydrogen-bond acceptors (Lipinski definition) is 4. The minimum Gasteiger partial charge on any atom is -0.416 e. The molecule has 116 valence electrons. The van der Waals surface area contributed by atoms with Gasteiger partial charge in [0.05, 0.1) is 6.20 Å². The molecule has 0 aromatic carbocycles. The number of nitrogens with one attached hydrogen (secondary N) is 1. The first kappa shape index (κ1) is 15.9. The fourth-order valence-corrected chi connectivity index (χ4v) is 2.82. The number of fused-ring (bicyclic) bond motifs is 1. The molecule has 0 saturated carbocycles. The van der Waals surface area contributed by atoms with E-state index >= 15 is 0 Å². The van der Waals surface area contributed by atoms with E-state index in [9.17, 15) is 4.79 Å². The Bertz CT molecular complexity index is 697. The lowest BCUT2D eigenvalue weighted by molar-refractivity contribution is 0.289. The first-order valence-electron chi connectivity index (χ1n) is 7.16. The van der Waals surface area contributed by atoms with E-state index in [0.29, 0.717) is 30.0 Å². The smallest absolute Gasteiger partial charge is 0.327 e. The van der Waals surface area contributed by atoms with Crippen molar-refractivity contribution >= 4 is 19.5 Å². The third-order valence-electron chi connectivity index (χ3n) is 4.31. The predicted molar refractivity (Wildman–Crippen MR) is 86.0 cm³/mol. The molecule has 2 heterocycles. The lowest BCUT2D eigenvalue weighted by Gasteiger charge is -2.36. The van der Waals surface area contributed by atoms with E-state index in [1.165, 1.54) is 4.57 Å². The van der Waals surface area contributed by atoms with Gasteiger partial charge in [-0.1, -0.05) is 20.8 Å². The van der Waals surface area contributed by atoms with Gasteiger partial charge < -0.3 is 4.43 Å². The van der Waals surface area contributed by atoms with Crippen LogP contribution in [0.2, 0.25) is 18.1 Å². The average molecular weight is 308 g/mol. The highest BCUT2D eigenvalue weighted by molar-refractivity contribution is 6.74. The van der Waals surface area contributed by atoms with Crippen LogP contribution in [-0.4, -0.2) is 34.4 Å². The standard InChI is InChI=1S/C14H24N4O2Si/c1-14(2,3)21(5,6)20-8-7-11-15-9-10-12(16-11)17-13(19)18(10)4/h9H,7-8H2,1-6H3,(H,15,16,17,19). The molecule has 0 atom stereocenters. The Hall–Kier alpha value is -1.47. The Balaban J connectivity index is 2.06. The van der Waals surface area contributed by atoms with Crippen LogP contribution in [0.15, 0.2) is 11.0 Å². The molecule has 0 aliphatic carbocycles. The van der Waals surface area contributed by atoms with Crippen LogP contribution in [0, 0.1) is 0 Å². The summed E-state index contributed by atoms with van der Waals surface area (Å²) in [4.78, 5) is 22.9. The maximum atomic E-state index is 11.5. The number of nitrogens with zero attached hydrogens (tertiary/aromatic N) is 3. The number of aromatic nitrogens is 4. The molecule has 0 saturated heterocycles. The molecule has 0 fully saturated rings. The van der Waals surface area contributed by atoms with Gasteiger partial charge in [-0.05, 0) is 18.1 Å². The second kappa shape index (κ2) is 5.38. The number of imidazole rings is 1. The van der Waals surface area contributed by atoms with Crippen molar-refractivity contribution in [2.45, 2.75) is 45.3 Å². The molecule has 0 bridgehead atoms. The molecule has 7 heteroatoms. The first-order chi connectivity index (χ1) is 9.62. The first-order valence-corrected chi connectivity index (χ1v) is 10.1. The van der Waals surface area contributed by atoms with Crippen LogP contribution in [0.25, 0.3) is 11.2 Å². The zero-order chi connectivity index (χ0) is 15.8. The summed E-state index contributed by atoms with van der Waals surface area (Å²) in [7, 11) is -0.0356. The largest absolute Gasteiger partial charge is 0.416 e. The Morgan fingerprint density at radius 3 is 2.67 bits per heavy atom. The van der Waals surface area contributed by atoms with Gasteiger partial charge in [-0.3, -0.25) is 9.55 Å². The summed E-state index contributed by atoms with van der Waals surface area (Å²) in [6, 6.07) is 0. The topological polar surface area (TPSA) is 72.8 Å². The van der Waals surface area contributed by atoms with Gasteiger partial charge in [0.25, 0.3) is 0 Å². The zero-order valence-corrected chi connectivity index (χ0v) is 14.6. The quantitative estimate of drug-likeness (QED) is 0.879. The van der Waals surface area contributed by atoms with Crippen LogP contribution >= 0.6 is 0 Å². The lowest BCUT2D eigenvalue weighted by atomic mass is 10.2. The van der Waals surface area contributed by atoms with Crippen LogP contribution in [0.5, 0.6) is 0 Å². The fraction of sp³-hybridized carbons (Fsp3) is 0.643. The van der Waals surface area contributed by atoms with Gasteiger partial charge in [0.15, 0.2) is 14.0 Å². The SMILES string of the molecule is Cn1c(=O)[nH]c2nc(CCO[Si](C)(C)C(C)(C)C)ncc21. The van der Waals surface area contributed by atoms with Crippen molar-refractivity contribution in [1.82, 2.24) is 19.5 Å². The predicted octanol–water partition coefficient (Wildman–Crippen LogP) is 2.22. The Morgan fingerprint density at radius 2 is 2.05 bits per heavy atom. The third kappa shape index (κ3) is 3.24. The summed E-state index contributed by atoms with van der Waals surface area (Å²) in [5.74, 6) is 0.697. The van der Waals surface area contributed by atoms with Crippen molar-refractivity contribution in [3.63, 3.8) is 0 Å². The summed E-state index contributed by atoms with van der Waals surface area (Å²) < 4.78 is 7.63. The van der Waals surface area contributed by atoms with Crippen molar-refractivity contribution < 1.29 is 4.43 Å². The number of hydrogen-bond donors (Lipinski definition) is 1. The summed E-state index contributed by atoms with van der Waals surface area (Å²) >= 11 is 0. The fourth-order valence-electron chi connectivity index (χ4n) is 1.78. The summed E-state index contributed by atoms with van der Waals surface area (Å²) in [5.41, 5.74) is 1.13. The molecule has 2 aromatic heterocycles.